The van der Waals surface area contributed by atoms with Crippen LogP contribution < -0.4 is 16.6 Å². The van der Waals surface area contributed by atoms with Crippen LogP contribution in [-0.4, -0.2) is 17.4 Å². The van der Waals surface area contributed by atoms with Crippen LogP contribution in [-0.2, 0) is 0 Å². The molecule has 0 aliphatic carbocycles. The number of rotatable bonds is 4. The Balaban J connectivity index is 2.69. The third-order valence-electron chi connectivity index (χ3n) is 2.40. The highest BCUT2D eigenvalue weighted by molar-refractivity contribution is 9.10. The Bertz CT molecular complexity index is 429. The van der Waals surface area contributed by atoms with E-state index in [-0.39, 0.29) is 11.3 Å². The van der Waals surface area contributed by atoms with Crippen LogP contribution in [0.2, 0.25) is 0 Å². The Morgan fingerprint density at radius 1 is 1.50 bits per heavy atom. The van der Waals surface area contributed by atoms with Crippen molar-refractivity contribution >= 4 is 27.7 Å². The smallest absolute Gasteiger partial charge is 0.255 e. The fraction of sp³-hybridized carbons (Fsp3) is 0.500. The topological polar surface area (TPSA) is 80.0 Å². The molecule has 1 aromatic rings. The maximum absolute atomic E-state index is 12.0. The van der Waals surface area contributed by atoms with Gasteiger partial charge in [0.15, 0.2) is 5.82 Å². The number of carbonyl (C=O) groups is 1. The van der Waals surface area contributed by atoms with Crippen molar-refractivity contribution in [3.8, 4) is 0 Å². The molecule has 5 nitrogen and oxygen atoms in total. The Morgan fingerprint density at radius 2 is 2.17 bits per heavy atom. The van der Waals surface area contributed by atoms with Crippen LogP contribution in [0.1, 0.15) is 37.6 Å². The van der Waals surface area contributed by atoms with Gasteiger partial charge in [0.2, 0.25) is 0 Å². The molecule has 0 radical (unpaired) electrons. The van der Waals surface area contributed by atoms with E-state index in [9.17, 15) is 4.79 Å². The molecule has 0 aliphatic rings. The number of aromatic nitrogens is 1. The van der Waals surface area contributed by atoms with E-state index in [2.05, 4.69) is 52.4 Å². The molecule has 0 aromatic carbocycles. The first-order valence-corrected chi connectivity index (χ1v) is 6.53. The number of nitrogen functional groups attached to an aromatic ring is 1. The second kappa shape index (κ2) is 6.15. The second-order valence-corrected chi connectivity index (χ2v) is 6.18. The van der Waals surface area contributed by atoms with E-state index < -0.39 is 0 Å². The van der Waals surface area contributed by atoms with Gasteiger partial charge in [-0.25, -0.2) is 10.8 Å². The number of halogens is 1. The summed E-state index contributed by atoms with van der Waals surface area (Å²) in [4.78, 5) is 16.0. The van der Waals surface area contributed by atoms with Gasteiger partial charge in [-0.05, 0) is 33.8 Å². The zero-order chi connectivity index (χ0) is 13.8. The van der Waals surface area contributed by atoms with Gasteiger partial charge >= 0.3 is 0 Å². The average molecular weight is 315 g/mol. The molecule has 4 N–H and O–H groups in total. The Kier molecular flexibility index (Phi) is 5.10. The van der Waals surface area contributed by atoms with Crippen LogP contribution in [0.25, 0.3) is 0 Å². The summed E-state index contributed by atoms with van der Waals surface area (Å²) in [7, 11) is 0. The molecule has 1 heterocycles. The first kappa shape index (κ1) is 14.9. The Morgan fingerprint density at radius 3 is 2.72 bits per heavy atom. The minimum Gasteiger partial charge on any atom is -0.352 e. The van der Waals surface area contributed by atoms with Crippen molar-refractivity contribution in [3.63, 3.8) is 0 Å². The molecule has 0 saturated heterocycles. The van der Waals surface area contributed by atoms with E-state index in [1.54, 1.807) is 12.3 Å². The molecule has 0 fully saturated rings. The van der Waals surface area contributed by atoms with Crippen LogP contribution >= 0.6 is 15.9 Å². The zero-order valence-corrected chi connectivity index (χ0v) is 12.5. The molecule has 100 valence electrons. The molecule has 0 aliphatic heterocycles. The van der Waals surface area contributed by atoms with Crippen molar-refractivity contribution in [2.45, 2.75) is 27.2 Å². The standard InChI is InChI=1S/C12H19BrN4O/c1-12(2,3)4-5-15-11(18)9-6-8(13)7-16-10(9)17-14/h6-7H,4-5,14H2,1-3H3,(H,15,18)(H,16,17). The lowest BCUT2D eigenvalue weighted by atomic mass is 9.92. The van der Waals surface area contributed by atoms with E-state index in [1.165, 1.54) is 0 Å². The molecule has 18 heavy (non-hydrogen) atoms. The van der Waals surface area contributed by atoms with Gasteiger partial charge in [0.25, 0.3) is 5.91 Å². The van der Waals surface area contributed by atoms with Crippen molar-refractivity contribution in [1.82, 2.24) is 10.3 Å². The summed E-state index contributed by atoms with van der Waals surface area (Å²) in [6.07, 6.45) is 2.49. The van der Waals surface area contributed by atoms with Gasteiger partial charge in [0.1, 0.15) is 0 Å². The second-order valence-electron chi connectivity index (χ2n) is 5.26. The van der Waals surface area contributed by atoms with E-state index in [0.717, 1.165) is 10.9 Å². The largest absolute Gasteiger partial charge is 0.352 e. The average Bonchev–Trinajstić information content (AvgIpc) is 2.27. The van der Waals surface area contributed by atoms with Gasteiger partial charge < -0.3 is 10.7 Å². The number of anilines is 1. The maximum Gasteiger partial charge on any atom is 0.255 e. The molecule has 1 aromatic heterocycles. The number of amides is 1. The highest BCUT2D eigenvalue weighted by Gasteiger charge is 2.14. The van der Waals surface area contributed by atoms with Gasteiger partial charge in [0.05, 0.1) is 5.56 Å². The van der Waals surface area contributed by atoms with Crippen LogP contribution in [0, 0.1) is 5.41 Å². The predicted octanol–water partition coefficient (Wildman–Crippen LogP) is 2.30. The third-order valence-corrected chi connectivity index (χ3v) is 2.83. The molecular formula is C12H19BrN4O. The molecule has 1 amide bonds. The van der Waals surface area contributed by atoms with Crippen molar-refractivity contribution in [3.05, 3.63) is 22.3 Å². The van der Waals surface area contributed by atoms with Crippen LogP contribution in [0.4, 0.5) is 5.82 Å². The number of hydrogen-bond acceptors (Lipinski definition) is 4. The highest BCUT2D eigenvalue weighted by Crippen LogP contribution is 2.19. The first-order valence-electron chi connectivity index (χ1n) is 5.74. The summed E-state index contributed by atoms with van der Waals surface area (Å²) in [6.45, 7) is 7.02. The van der Waals surface area contributed by atoms with Gasteiger partial charge in [0, 0.05) is 17.2 Å². The van der Waals surface area contributed by atoms with Crippen molar-refractivity contribution in [2.75, 3.05) is 12.0 Å². The van der Waals surface area contributed by atoms with Gasteiger partial charge in [-0.15, -0.1) is 0 Å². The lowest BCUT2D eigenvalue weighted by Gasteiger charge is -2.18. The molecular weight excluding hydrogens is 296 g/mol. The van der Waals surface area contributed by atoms with Gasteiger partial charge in [-0.3, -0.25) is 4.79 Å². The lowest BCUT2D eigenvalue weighted by Crippen LogP contribution is -2.28. The van der Waals surface area contributed by atoms with Crippen LogP contribution in [0.15, 0.2) is 16.7 Å². The normalized spacial score (nSPS) is 11.2. The third kappa shape index (κ3) is 4.62. The summed E-state index contributed by atoms with van der Waals surface area (Å²) in [5, 5.41) is 2.86. The number of pyridine rings is 1. The minimum atomic E-state index is -0.180. The zero-order valence-electron chi connectivity index (χ0n) is 10.9. The lowest BCUT2D eigenvalue weighted by molar-refractivity contribution is 0.0950. The number of hydrogen-bond donors (Lipinski definition) is 3. The summed E-state index contributed by atoms with van der Waals surface area (Å²) in [5.41, 5.74) is 3.04. The van der Waals surface area contributed by atoms with Crippen molar-refractivity contribution in [1.29, 1.82) is 0 Å². The fourth-order valence-corrected chi connectivity index (χ4v) is 1.70. The molecule has 0 saturated carbocycles. The summed E-state index contributed by atoms with van der Waals surface area (Å²) < 4.78 is 0.738. The van der Waals surface area contributed by atoms with Gasteiger partial charge in [-0.2, -0.15) is 0 Å². The number of carbonyl (C=O) groups excluding carboxylic acids is 1. The summed E-state index contributed by atoms with van der Waals surface area (Å²) in [5.74, 6) is 5.52. The minimum absolute atomic E-state index is 0.180. The SMILES string of the molecule is CC(C)(C)CCNC(=O)c1cc(Br)cnc1NN. The highest BCUT2D eigenvalue weighted by atomic mass is 79.9. The van der Waals surface area contributed by atoms with E-state index >= 15 is 0 Å². The molecule has 6 heteroatoms. The molecule has 0 bridgehead atoms. The van der Waals surface area contributed by atoms with E-state index in [0.29, 0.717) is 17.9 Å². The maximum atomic E-state index is 12.0. The molecule has 0 spiro atoms. The van der Waals surface area contributed by atoms with Crippen molar-refractivity contribution < 1.29 is 4.79 Å². The molecule has 0 unspecified atom stereocenters. The van der Waals surface area contributed by atoms with Gasteiger partial charge in [-0.1, -0.05) is 20.8 Å². The van der Waals surface area contributed by atoms with Crippen LogP contribution in [0.5, 0.6) is 0 Å². The van der Waals surface area contributed by atoms with Crippen LogP contribution in [0.3, 0.4) is 0 Å². The molecule has 0 atom stereocenters. The quantitative estimate of drug-likeness (QED) is 0.588. The Labute approximate surface area is 116 Å². The molecule has 1 rings (SSSR count). The summed E-state index contributed by atoms with van der Waals surface area (Å²) >= 11 is 3.28. The predicted molar refractivity (Wildman–Crippen MR) is 76.2 cm³/mol. The van der Waals surface area contributed by atoms with E-state index in [1.807, 2.05) is 0 Å². The Hall–Kier alpha value is -1.14. The number of hydrazine groups is 1. The summed E-state index contributed by atoms with van der Waals surface area (Å²) in [6, 6.07) is 1.69. The first-order chi connectivity index (χ1) is 8.33. The number of nitrogens with zero attached hydrogens (tertiary/aromatic N) is 1. The monoisotopic (exact) mass is 314 g/mol. The number of nitrogens with two attached hydrogens (primary N) is 1. The van der Waals surface area contributed by atoms with Crippen molar-refractivity contribution in [2.24, 2.45) is 11.3 Å². The fourth-order valence-electron chi connectivity index (χ4n) is 1.37. The van der Waals surface area contributed by atoms with E-state index in [4.69, 9.17) is 5.84 Å². The number of nitrogens with one attached hydrogen (secondary N) is 2.